The highest BCUT2D eigenvalue weighted by atomic mass is 14.8. The monoisotopic (exact) mass is 239 g/mol. The van der Waals surface area contributed by atoms with E-state index in [2.05, 4.69) is 26.2 Å². The molecule has 0 aliphatic heterocycles. The minimum Gasteiger partial charge on any atom is -0.319 e. The highest BCUT2D eigenvalue weighted by Gasteiger charge is 2.16. The number of hydrogen-bond donors (Lipinski definition) is 1. The lowest BCUT2D eigenvalue weighted by Crippen LogP contribution is -2.21. The van der Waals surface area contributed by atoms with Crippen molar-refractivity contribution >= 4 is 0 Å². The highest BCUT2D eigenvalue weighted by molar-refractivity contribution is 4.70. The Morgan fingerprint density at radius 3 is 2.35 bits per heavy atom. The second kappa shape index (κ2) is 8.97. The van der Waals surface area contributed by atoms with E-state index in [1.54, 1.807) is 0 Å². The van der Waals surface area contributed by atoms with E-state index >= 15 is 0 Å². The molecule has 1 saturated carbocycles. The van der Waals surface area contributed by atoms with Gasteiger partial charge in [0.2, 0.25) is 0 Å². The molecule has 0 bridgehead atoms. The molecule has 1 rings (SSSR count). The molecule has 1 heteroatoms. The second-order valence-electron chi connectivity index (χ2n) is 6.27. The first-order valence-corrected chi connectivity index (χ1v) is 7.90. The molecule has 1 aliphatic carbocycles. The molecule has 0 radical (unpaired) electrons. The standard InChI is InChI=1S/C16H33N/c1-4-6-15-8-5-7-14(2)9-10-16(12-11-15)13-17-3/h14-17H,4-13H2,1-3H3. The minimum atomic E-state index is 0.930. The largest absolute Gasteiger partial charge is 0.319 e. The average molecular weight is 239 g/mol. The van der Waals surface area contributed by atoms with Crippen molar-refractivity contribution in [3.8, 4) is 0 Å². The van der Waals surface area contributed by atoms with Crippen LogP contribution in [0.1, 0.15) is 71.6 Å². The maximum absolute atomic E-state index is 3.38. The SMILES string of the molecule is CCCC1CCCC(C)CCC(CNC)CC1. The Labute approximate surface area is 109 Å². The third-order valence-corrected chi connectivity index (χ3v) is 4.55. The molecule has 17 heavy (non-hydrogen) atoms. The zero-order valence-corrected chi connectivity index (χ0v) is 12.3. The fraction of sp³-hybridized carbons (Fsp3) is 1.00. The molecule has 0 aromatic carbocycles. The van der Waals surface area contributed by atoms with Crippen molar-refractivity contribution in [3.05, 3.63) is 0 Å². The predicted octanol–water partition coefficient (Wildman–Crippen LogP) is 4.62. The van der Waals surface area contributed by atoms with Crippen LogP contribution < -0.4 is 5.32 Å². The number of nitrogens with one attached hydrogen (secondary N) is 1. The molecule has 1 fully saturated rings. The summed E-state index contributed by atoms with van der Waals surface area (Å²) in [5, 5.41) is 3.38. The van der Waals surface area contributed by atoms with E-state index in [0.717, 1.165) is 17.8 Å². The van der Waals surface area contributed by atoms with Gasteiger partial charge in [0.25, 0.3) is 0 Å². The van der Waals surface area contributed by atoms with Gasteiger partial charge in [-0.2, -0.15) is 0 Å². The summed E-state index contributed by atoms with van der Waals surface area (Å²) in [6.45, 7) is 6.02. The summed E-state index contributed by atoms with van der Waals surface area (Å²) in [5.74, 6) is 2.90. The van der Waals surface area contributed by atoms with Crippen LogP contribution in [0.3, 0.4) is 0 Å². The highest BCUT2D eigenvalue weighted by Crippen LogP contribution is 2.29. The van der Waals surface area contributed by atoms with E-state index in [1.165, 1.54) is 64.3 Å². The van der Waals surface area contributed by atoms with E-state index in [-0.39, 0.29) is 0 Å². The average Bonchev–Trinajstić information content (AvgIpc) is 2.32. The van der Waals surface area contributed by atoms with Crippen LogP contribution in [0.2, 0.25) is 0 Å². The van der Waals surface area contributed by atoms with Crippen LogP contribution in [0, 0.1) is 17.8 Å². The maximum atomic E-state index is 3.38. The van der Waals surface area contributed by atoms with Gasteiger partial charge < -0.3 is 5.32 Å². The lowest BCUT2D eigenvalue weighted by molar-refractivity contribution is 0.286. The Kier molecular flexibility index (Phi) is 7.92. The van der Waals surface area contributed by atoms with Gasteiger partial charge in [0.05, 0.1) is 0 Å². The van der Waals surface area contributed by atoms with Gasteiger partial charge in [-0.25, -0.2) is 0 Å². The van der Waals surface area contributed by atoms with Gasteiger partial charge in [-0.05, 0) is 44.2 Å². The smallest absolute Gasteiger partial charge is 0.00235 e. The van der Waals surface area contributed by atoms with Gasteiger partial charge in [-0.1, -0.05) is 58.8 Å². The van der Waals surface area contributed by atoms with Crippen molar-refractivity contribution in [3.63, 3.8) is 0 Å². The zero-order chi connectivity index (χ0) is 12.5. The summed E-state index contributed by atoms with van der Waals surface area (Å²) in [4.78, 5) is 0. The van der Waals surface area contributed by atoms with Crippen molar-refractivity contribution in [2.75, 3.05) is 13.6 Å². The Bertz CT molecular complexity index is 178. The summed E-state index contributed by atoms with van der Waals surface area (Å²) in [5.41, 5.74) is 0. The fourth-order valence-electron chi connectivity index (χ4n) is 3.37. The van der Waals surface area contributed by atoms with Gasteiger partial charge in [0, 0.05) is 0 Å². The summed E-state index contributed by atoms with van der Waals surface area (Å²) in [7, 11) is 2.10. The maximum Gasteiger partial charge on any atom is -0.00235 e. The van der Waals surface area contributed by atoms with E-state index in [1.807, 2.05) is 0 Å². The topological polar surface area (TPSA) is 12.0 Å². The second-order valence-corrected chi connectivity index (χ2v) is 6.27. The van der Waals surface area contributed by atoms with Gasteiger partial charge in [-0.3, -0.25) is 0 Å². The van der Waals surface area contributed by atoms with Crippen LogP contribution in [0.4, 0.5) is 0 Å². The summed E-state index contributed by atoms with van der Waals surface area (Å²) in [6, 6.07) is 0. The molecule has 1 aliphatic rings. The number of rotatable bonds is 4. The Morgan fingerprint density at radius 1 is 0.941 bits per heavy atom. The minimum absolute atomic E-state index is 0.930. The first-order valence-electron chi connectivity index (χ1n) is 7.90. The van der Waals surface area contributed by atoms with Crippen molar-refractivity contribution in [1.29, 1.82) is 0 Å². The third kappa shape index (κ3) is 6.45. The normalized spacial score (nSPS) is 32.3. The molecule has 1 nitrogen and oxygen atoms in total. The quantitative estimate of drug-likeness (QED) is 0.755. The van der Waals surface area contributed by atoms with Gasteiger partial charge in [-0.15, -0.1) is 0 Å². The molecule has 0 heterocycles. The van der Waals surface area contributed by atoms with E-state index in [9.17, 15) is 0 Å². The van der Waals surface area contributed by atoms with Crippen LogP contribution in [-0.4, -0.2) is 13.6 Å². The zero-order valence-electron chi connectivity index (χ0n) is 12.3. The van der Waals surface area contributed by atoms with E-state index < -0.39 is 0 Å². The lowest BCUT2D eigenvalue weighted by Gasteiger charge is -2.25. The molecular weight excluding hydrogens is 206 g/mol. The first kappa shape index (κ1) is 15.0. The third-order valence-electron chi connectivity index (χ3n) is 4.55. The van der Waals surface area contributed by atoms with Crippen molar-refractivity contribution in [2.45, 2.75) is 71.6 Å². The molecule has 0 aromatic rings. The molecular formula is C16H33N. The van der Waals surface area contributed by atoms with Crippen LogP contribution in [0.25, 0.3) is 0 Å². The molecule has 0 aromatic heterocycles. The van der Waals surface area contributed by atoms with E-state index in [4.69, 9.17) is 0 Å². The van der Waals surface area contributed by atoms with Crippen molar-refractivity contribution < 1.29 is 0 Å². The molecule has 1 N–H and O–H groups in total. The molecule has 3 unspecified atom stereocenters. The molecule has 102 valence electrons. The van der Waals surface area contributed by atoms with Gasteiger partial charge in [0.15, 0.2) is 0 Å². The molecule has 0 spiro atoms. The predicted molar refractivity (Wildman–Crippen MR) is 77.3 cm³/mol. The fourth-order valence-corrected chi connectivity index (χ4v) is 3.37. The van der Waals surface area contributed by atoms with Crippen LogP contribution >= 0.6 is 0 Å². The summed E-state index contributed by atoms with van der Waals surface area (Å²) in [6.07, 6.45) is 13.1. The summed E-state index contributed by atoms with van der Waals surface area (Å²) < 4.78 is 0. The van der Waals surface area contributed by atoms with Crippen molar-refractivity contribution in [2.24, 2.45) is 17.8 Å². The Balaban J connectivity index is 2.43. The van der Waals surface area contributed by atoms with Gasteiger partial charge >= 0.3 is 0 Å². The molecule has 0 amide bonds. The van der Waals surface area contributed by atoms with Crippen LogP contribution in [0.15, 0.2) is 0 Å². The Morgan fingerprint density at radius 2 is 1.65 bits per heavy atom. The lowest BCUT2D eigenvalue weighted by atomic mass is 9.82. The van der Waals surface area contributed by atoms with Crippen LogP contribution in [0.5, 0.6) is 0 Å². The number of hydrogen-bond acceptors (Lipinski definition) is 1. The van der Waals surface area contributed by atoms with E-state index in [0.29, 0.717) is 0 Å². The van der Waals surface area contributed by atoms with Crippen molar-refractivity contribution in [1.82, 2.24) is 5.32 Å². The van der Waals surface area contributed by atoms with Gasteiger partial charge in [0.1, 0.15) is 0 Å². The molecule has 0 saturated heterocycles. The molecule has 3 atom stereocenters. The first-order chi connectivity index (χ1) is 8.26. The Hall–Kier alpha value is -0.0400. The van der Waals surface area contributed by atoms with Crippen LogP contribution in [-0.2, 0) is 0 Å². The summed E-state index contributed by atoms with van der Waals surface area (Å²) >= 11 is 0.